The van der Waals surface area contributed by atoms with E-state index in [0.717, 1.165) is 0 Å². The molecule has 0 aliphatic carbocycles. The maximum absolute atomic E-state index is 2.38. The summed E-state index contributed by atoms with van der Waals surface area (Å²) < 4.78 is 4.76. The van der Waals surface area contributed by atoms with E-state index in [2.05, 4.69) is 179 Å². The average Bonchev–Trinajstić information content (AvgIpc) is 3.61. The summed E-state index contributed by atoms with van der Waals surface area (Å²) >= 11 is 0. The van der Waals surface area contributed by atoms with Crippen LogP contribution in [0.4, 0.5) is 0 Å². The number of nitrogens with zero attached hydrogens (tertiary/aromatic N) is 2. The fourth-order valence-electron chi connectivity index (χ4n) is 6.87. The van der Waals surface area contributed by atoms with E-state index in [0.29, 0.717) is 0 Å². The molecule has 2 nitrogen and oxygen atoms in total. The molecule has 0 aliphatic heterocycles. The lowest BCUT2D eigenvalue weighted by Crippen LogP contribution is -1.93. The molecule has 7 aromatic carbocycles. The monoisotopic (exact) mass is 560 g/mol. The van der Waals surface area contributed by atoms with Crippen molar-refractivity contribution in [3.05, 3.63) is 170 Å². The van der Waals surface area contributed by atoms with Crippen molar-refractivity contribution in [2.24, 2.45) is 0 Å². The summed E-state index contributed by atoms with van der Waals surface area (Å²) in [6.07, 6.45) is 0. The van der Waals surface area contributed by atoms with Crippen LogP contribution in [0.15, 0.2) is 170 Å². The smallest absolute Gasteiger partial charge is 0.0547 e. The second-order valence-electron chi connectivity index (χ2n) is 11.4. The predicted molar refractivity (Wildman–Crippen MR) is 186 cm³/mol. The van der Waals surface area contributed by atoms with Gasteiger partial charge in [0.2, 0.25) is 0 Å². The van der Waals surface area contributed by atoms with Gasteiger partial charge in [0.05, 0.1) is 22.1 Å². The van der Waals surface area contributed by atoms with E-state index >= 15 is 0 Å². The second kappa shape index (κ2) is 9.86. The summed E-state index contributed by atoms with van der Waals surface area (Å²) in [5.74, 6) is 0. The molecule has 0 amide bonds. The molecule has 0 aliphatic rings. The fraction of sp³-hybridized carbons (Fsp3) is 0. The highest BCUT2D eigenvalue weighted by atomic mass is 15.0. The number of hydrogen-bond acceptors (Lipinski definition) is 0. The van der Waals surface area contributed by atoms with Gasteiger partial charge in [0.1, 0.15) is 0 Å². The largest absolute Gasteiger partial charge is 0.309 e. The van der Waals surface area contributed by atoms with Gasteiger partial charge in [-0.1, -0.05) is 121 Å². The van der Waals surface area contributed by atoms with Gasteiger partial charge in [0.25, 0.3) is 0 Å². The van der Waals surface area contributed by atoms with Gasteiger partial charge < -0.3 is 9.13 Å². The van der Waals surface area contributed by atoms with E-state index in [1.165, 1.54) is 77.2 Å². The molecule has 2 heterocycles. The lowest BCUT2D eigenvalue weighted by atomic mass is 9.98. The molecule has 0 radical (unpaired) electrons. The molecule has 0 saturated heterocycles. The van der Waals surface area contributed by atoms with E-state index in [9.17, 15) is 0 Å². The van der Waals surface area contributed by atoms with Gasteiger partial charge >= 0.3 is 0 Å². The van der Waals surface area contributed by atoms with E-state index in [1.807, 2.05) is 0 Å². The second-order valence-corrected chi connectivity index (χ2v) is 11.4. The Morgan fingerprint density at radius 1 is 0.250 bits per heavy atom. The maximum atomic E-state index is 2.38. The molecule has 2 aromatic heterocycles. The number of para-hydroxylation sites is 4. The summed E-state index contributed by atoms with van der Waals surface area (Å²) in [5, 5.41) is 5.09. The maximum Gasteiger partial charge on any atom is 0.0547 e. The molecular weight excluding hydrogens is 532 g/mol. The normalized spacial score (nSPS) is 11.6. The first kappa shape index (κ1) is 24.7. The SMILES string of the molecule is c1ccc(-n2c3ccccc3c3ccc(-c4ccc(-c5ccc6c7ccccc7n(-c7ccccc7)c6c5)cc4)cc32)cc1. The van der Waals surface area contributed by atoms with Crippen LogP contribution >= 0.6 is 0 Å². The van der Waals surface area contributed by atoms with Gasteiger partial charge in [0.15, 0.2) is 0 Å². The van der Waals surface area contributed by atoms with Crippen molar-refractivity contribution >= 4 is 43.6 Å². The number of hydrogen-bond donors (Lipinski definition) is 0. The molecule has 0 bridgehead atoms. The Labute approximate surface area is 255 Å². The first-order chi connectivity index (χ1) is 21.8. The quantitative estimate of drug-likeness (QED) is 0.203. The summed E-state index contributed by atoms with van der Waals surface area (Å²) in [6.45, 7) is 0. The topological polar surface area (TPSA) is 9.86 Å². The Morgan fingerprint density at radius 2 is 0.591 bits per heavy atom. The Kier molecular flexibility index (Phi) is 5.54. The molecule has 2 heteroatoms. The Morgan fingerprint density at radius 3 is 1.02 bits per heavy atom. The van der Waals surface area contributed by atoms with Gasteiger partial charge in [-0.2, -0.15) is 0 Å². The summed E-state index contributed by atoms with van der Waals surface area (Å²) in [6, 6.07) is 61.4. The van der Waals surface area contributed by atoms with Crippen molar-refractivity contribution in [2.75, 3.05) is 0 Å². The minimum absolute atomic E-state index is 1.18. The lowest BCUT2D eigenvalue weighted by Gasteiger charge is -2.10. The Bertz CT molecular complexity index is 2290. The van der Waals surface area contributed by atoms with E-state index in [1.54, 1.807) is 0 Å². The molecule has 44 heavy (non-hydrogen) atoms. The molecule has 0 N–H and O–H groups in total. The summed E-state index contributed by atoms with van der Waals surface area (Å²) in [4.78, 5) is 0. The van der Waals surface area contributed by atoms with E-state index in [4.69, 9.17) is 0 Å². The molecule has 9 rings (SSSR count). The third kappa shape index (κ3) is 3.82. The number of benzene rings is 7. The highest BCUT2D eigenvalue weighted by molar-refractivity contribution is 6.11. The zero-order valence-electron chi connectivity index (χ0n) is 24.1. The summed E-state index contributed by atoms with van der Waals surface area (Å²) in [5.41, 5.74) is 12.1. The van der Waals surface area contributed by atoms with Crippen LogP contribution in [0, 0.1) is 0 Å². The molecule has 0 spiro atoms. The summed E-state index contributed by atoms with van der Waals surface area (Å²) in [7, 11) is 0. The minimum atomic E-state index is 1.18. The van der Waals surface area contributed by atoms with E-state index in [-0.39, 0.29) is 0 Å². The molecule has 206 valence electrons. The van der Waals surface area contributed by atoms with Gasteiger partial charge in [-0.15, -0.1) is 0 Å². The van der Waals surface area contributed by atoms with Crippen LogP contribution in [-0.4, -0.2) is 9.13 Å². The minimum Gasteiger partial charge on any atom is -0.309 e. The third-order valence-corrected chi connectivity index (χ3v) is 8.93. The molecule has 0 fully saturated rings. The zero-order valence-corrected chi connectivity index (χ0v) is 24.1. The standard InChI is InChI=1S/C42H28N2/c1-3-11-33(12-4-1)43-39-17-9-7-15-35(39)37-25-23-31(27-41(37)43)29-19-21-30(22-20-29)32-24-26-38-36-16-8-10-18-40(36)44(42(38)28-32)34-13-5-2-6-14-34/h1-28H. The lowest BCUT2D eigenvalue weighted by molar-refractivity contribution is 1.18. The predicted octanol–water partition coefficient (Wildman–Crippen LogP) is 11.2. The molecule has 0 atom stereocenters. The Balaban J connectivity index is 1.15. The van der Waals surface area contributed by atoms with Crippen LogP contribution in [-0.2, 0) is 0 Å². The van der Waals surface area contributed by atoms with Crippen LogP contribution in [0.3, 0.4) is 0 Å². The molecular formula is C42H28N2. The highest BCUT2D eigenvalue weighted by Crippen LogP contribution is 2.37. The number of aromatic nitrogens is 2. The van der Waals surface area contributed by atoms with Crippen LogP contribution in [0.1, 0.15) is 0 Å². The molecule has 0 saturated carbocycles. The first-order valence-electron chi connectivity index (χ1n) is 15.1. The fourth-order valence-corrected chi connectivity index (χ4v) is 6.87. The van der Waals surface area contributed by atoms with Crippen molar-refractivity contribution in [3.63, 3.8) is 0 Å². The van der Waals surface area contributed by atoms with Gasteiger partial charge in [-0.25, -0.2) is 0 Å². The van der Waals surface area contributed by atoms with Gasteiger partial charge in [-0.3, -0.25) is 0 Å². The van der Waals surface area contributed by atoms with Crippen molar-refractivity contribution < 1.29 is 0 Å². The van der Waals surface area contributed by atoms with Crippen LogP contribution < -0.4 is 0 Å². The van der Waals surface area contributed by atoms with Crippen molar-refractivity contribution in [3.8, 4) is 33.6 Å². The number of fused-ring (bicyclic) bond motifs is 6. The van der Waals surface area contributed by atoms with Gasteiger partial charge in [0, 0.05) is 32.9 Å². The van der Waals surface area contributed by atoms with Crippen molar-refractivity contribution in [1.82, 2.24) is 9.13 Å². The van der Waals surface area contributed by atoms with Crippen molar-refractivity contribution in [1.29, 1.82) is 0 Å². The van der Waals surface area contributed by atoms with Crippen LogP contribution in [0.2, 0.25) is 0 Å². The average molecular weight is 561 g/mol. The Hall–Kier alpha value is -5.86. The molecule has 0 unspecified atom stereocenters. The highest BCUT2D eigenvalue weighted by Gasteiger charge is 2.15. The van der Waals surface area contributed by atoms with Crippen LogP contribution in [0.5, 0.6) is 0 Å². The third-order valence-electron chi connectivity index (χ3n) is 8.93. The number of rotatable bonds is 4. The van der Waals surface area contributed by atoms with Crippen LogP contribution in [0.25, 0.3) is 77.2 Å². The van der Waals surface area contributed by atoms with Gasteiger partial charge in [-0.05, 0) is 70.8 Å². The zero-order chi connectivity index (χ0) is 29.0. The van der Waals surface area contributed by atoms with E-state index < -0.39 is 0 Å². The first-order valence-corrected chi connectivity index (χ1v) is 15.1. The van der Waals surface area contributed by atoms with Crippen molar-refractivity contribution in [2.45, 2.75) is 0 Å². The molecule has 9 aromatic rings.